The zero-order chi connectivity index (χ0) is 13.7. The SMILES string of the molecule is COC(=O)CSc1sc(C(=O)OC)c(O)c1C#N. The van der Waals surface area contributed by atoms with Gasteiger partial charge in [0, 0.05) is 0 Å². The van der Waals surface area contributed by atoms with Crippen LogP contribution in [0, 0.1) is 11.3 Å². The molecule has 6 nitrogen and oxygen atoms in total. The van der Waals surface area contributed by atoms with Crippen LogP contribution in [0.3, 0.4) is 0 Å². The molecule has 1 aromatic heterocycles. The van der Waals surface area contributed by atoms with Crippen molar-refractivity contribution in [3.05, 3.63) is 10.4 Å². The van der Waals surface area contributed by atoms with Gasteiger partial charge in [-0.3, -0.25) is 4.79 Å². The molecule has 18 heavy (non-hydrogen) atoms. The van der Waals surface area contributed by atoms with E-state index in [-0.39, 0.29) is 16.2 Å². The Balaban J connectivity index is 3.02. The molecule has 0 aliphatic rings. The van der Waals surface area contributed by atoms with Crippen LogP contribution < -0.4 is 0 Å². The van der Waals surface area contributed by atoms with E-state index in [0.29, 0.717) is 4.21 Å². The number of carbonyl (C=O) groups is 2. The van der Waals surface area contributed by atoms with Gasteiger partial charge in [0.2, 0.25) is 0 Å². The maximum Gasteiger partial charge on any atom is 0.351 e. The lowest BCUT2D eigenvalue weighted by atomic mass is 10.3. The predicted octanol–water partition coefficient (Wildman–Crippen LogP) is 1.38. The van der Waals surface area contributed by atoms with Gasteiger partial charge in [-0.1, -0.05) is 0 Å². The van der Waals surface area contributed by atoms with Gasteiger partial charge in [0.1, 0.15) is 11.6 Å². The normalized spacial score (nSPS) is 9.61. The van der Waals surface area contributed by atoms with E-state index in [1.807, 2.05) is 0 Å². The second-order valence-corrected chi connectivity index (χ2v) is 5.18. The highest BCUT2D eigenvalue weighted by atomic mass is 32.2. The maximum absolute atomic E-state index is 11.3. The molecule has 0 atom stereocenters. The highest BCUT2D eigenvalue weighted by Gasteiger charge is 2.23. The number of hydrogen-bond donors (Lipinski definition) is 1. The van der Waals surface area contributed by atoms with Gasteiger partial charge in [-0.2, -0.15) is 5.26 Å². The van der Waals surface area contributed by atoms with Crippen molar-refractivity contribution in [1.82, 2.24) is 0 Å². The average molecular weight is 287 g/mol. The first-order chi connectivity index (χ1) is 8.54. The van der Waals surface area contributed by atoms with Crippen molar-refractivity contribution in [2.45, 2.75) is 4.21 Å². The summed E-state index contributed by atoms with van der Waals surface area (Å²) in [5, 5.41) is 18.6. The zero-order valence-electron chi connectivity index (χ0n) is 9.55. The number of aromatic hydroxyl groups is 1. The minimum Gasteiger partial charge on any atom is -0.505 e. The number of thiophene rings is 1. The van der Waals surface area contributed by atoms with E-state index < -0.39 is 17.7 Å². The number of carbonyl (C=O) groups excluding carboxylic acids is 2. The first-order valence-corrected chi connectivity index (χ1v) is 6.39. The number of ether oxygens (including phenoxy) is 2. The molecule has 1 N–H and O–H groups in total. The van der Waals surface area contributed by atoms with Gasteiger partial charge in [0.25, 0.3) is 0 Å². The molecule has 0 bridgehead atoms. The second kappa shape index (κ2) is 6.28. The van der Waals surface area contributed by atoms with Crippen molar-refractivity contribution in [2.75, 3.05) is 20.0 Å². The third kappa shape index (κ3) is 2.94. The smallest absolute Gasteiger partial charge is 0.351 e. The van der Waals surface area contributed by atoms with Crippen LogP contribution in [0.1, 0.15) is 15.2 Å². The number of nitrogens with zero attached hydrogens (tertiary/aromatic N) is 1. The first-order valence-electron chi connectivity index (χ1n) is 4.58. The Morgan fingerprint density at radius 2 is 2.11 bits per heavy atom. The molecule has 0 radical (unpaired) electrons. The molecule has 0 amide bonds. The fourth-order valence-electron chi connectivity index (χ4n) is 1.02. The molecule has 0 saturated carbocycles. The molecule has 96 valence electrons. The summed E-state index contributed by atoms with van der Waals surface area (Å²) in [6.07, 6.45) is 0. The second-order valence-electron chi connectivity index (χ2n) is 2.91. The summed E-state index contributed by atoms with van der Waals surface area (Å²) in [5.74, 6) is -1.61. The maximum atomic E-state index is 11.3. The standard InChI is InChI=1S/C10H9NO5S2/c1-15-6(12)4-17-10-5(3-11)7(13)8(18-10)9(14)16-2/h13H,4H2,1-2H3. The summed E-state index contributed by atoms with van der Waals surface area (Å²) in [7, 11) is 2.43. The van der Waals surface area contributed by atoms with E-state index in [0.717, 1.165) is 23.1 Å². The number of methoxy groups -OCH3 is 2. The molecule has 1 rings (SSSR count). The van der Waals surface area contributed by atoms with Crippen LogP contribution in [0.25, 0.3) is 0 Å². The summed E-state index contributed by atoms with van der Waals surface area (Å²) in [5.41, 5.74) is -0.0331. The van der Waals surface area contributed by atoms with E-state index in [2.05, 4.69) is 9.47 Å². The average Bonchev–Trinajstić information content (AvgIpc) is 2.71. The van der Waals surface area contributed by atoms with Crippen molar-refractivity contribution in [1.29, 1.82) is 5.26 Å². The number of nitriles is 1. The molecule has 1 aromatic rings. The van der Waals surface area contributed by atoms with Crippen LogP contribution >= 0.6 is 23.1 Å². The lowest BCUT2D eigenvalue weighted by Gasteiger charge is -1.97. The Morgan fingerprint density at radius 3 is 2.61 bits per heavy atom. The van der Waals surface area contributed by atoms with Gasteiger partial charge in [-0.25, -0.2) is 4.79 Å². The van der Waals surface area contributed by atoms with E-state index >= 15 is 0 Å². The van der Waals surface area contributed by atoms with Gasteiger partial charge in [-0.05, 0) is 0 Å². The fourth-order valence-corrected chi connectivity index (χ4v) is 3.13. The Bertz CT molecular complexity index is 517. The quantitative estimate of drug-likeness (QED) is 0.660. The summed E-state index contributed by atoms with van der Waals surface area (Å²) < 4.78 is 9.31. The Morgan fingerprint density at radius 1 is 1.44 bits per heavy atom. The zero-order valence-corrected chi connectivity index (χ0v) is 11.2. The number of esters is 2. The molecule has 0 aromatic carbocycles. The Hall–Kier alpha value is -1.72. The third-order valence-electron chi connectivity index (χ3n) is 1.88. The predicted molar refractivity (Wildman–Crippen MR) is 64.8 cm³/mol. The summed E-state index contributed by atoms with van der Waals surface area (Å²) in [6, 6.07) is 1.78. The third-order valence-corrected chi connectivity index (χ3v) is 4.29. The number of rotatable bonds is 4. The van der Waals surface area contributed by atoms with Gasteiger partial charge < -0.3 is 14.6 Å². The minimum absolute atomic E-state index is 0.00819. The van der Waals surface area contributed by atoms with Crippen LogP contribution in [-0.2, 0) is 14.3 Å². The number of thioether (sulfide) groups is 1. The molecule has 8 heteroatoms. The van der Waals surface area contributed by atoms with E-state index in [1.165, 1.54) is 14.2 Å². The molecule has 0 aliphatic heterocycles. The lowest BCUT2D eigenvalue weighted by molar-refractivity contribution is -0.137. The Labute approximate surface area is 111 Å². The van der Waals surface area contributed by atoms with Gasteiger partial charge in [0.05, 0.1) is 24.2 Å². The van der Waals surface area contributed by atoms with Crippen molar-refractivity contribution < 1.29 is 24.2 Å². The topological polar surface area (TPSA) is 96.6 Å². The van der Waals surface area contributed by atoms with Crippen LogP contribution in [-0.4, -0.2) is 37.0 Å². The summed E-state index contributed by atoms with van der Waals surface area (Å²) >= 11 is 1.92. The van der Waals surface area contributed by atoms with E-state index in [9.17, 15) is 14.7 Å². The lowest BCUT2D eigenvalue weighted by Crippen LogP contribution is -2.02. The largest absolute Gasteiger partial charge is 0.505 e. The molecule has 1 heterocycles. The van der Waals surface area contributed by atoms with Crippen molar-refractivity contribution in [3.8, 4) is 11.8 Å². The molecular formula is C10H9NO5S2. The fraction of sp³-hybridized carbons (Fsp3) is 0.300. The minimum atomic E-state index is -0.723. The van der Waals surface area contributed by atoms with Crippen molar-refractivity contribution in [3.63, 3.8) is 0 Å². The van der Waals surface area contributed by atoms with Crippen LogP contribution in [0.2, 0.25) is 0 Å². The first kappa shape index (κ1) is 14.3. The molecule has 0 aliphatic carbocycles. The highest BCUT2D eigenvalue weighted by molar-refractivity contribution is 8.01. The van der Waals surface area contributed by atoms with E-state index in [1.54, 1.807) is 6.07 Å². The van der Waals surface area contributed by atoms with E-state index in [4.69, 9.17) is 5.26 Å². The highest BCUT2D eigenvalue weighted by Crippen LogP contribution is 2.40. The molecule has 0 saturated heterocycles. The van der Waals surface area contributed by atoms with Gasteiger partial charge in [-0.15, -0.1) is 23.1 Å². The summed E-state index contributed by atoms with van der Waals surface area (Å²) in [4.78, 5) is 22.3. The van der Waals surface area contributed by atoms with Crippen LogP contribution in [0.5, 0.6) is 5.75 Å². The van der Waals surface area contributed by atoms with Crippen molar-refractivity contribution >= 4 is 35.0 Å². The summed E-state index contributed by atoms with van der Waals surface area (Å²) in [6.45, 7) is 0. The van der Waals surface area contributed by atoms with Crippen molar-refractivity contribution in [2.24, 2.45) is 0 Å². The molecular weight excluding hydrogens is 278 g/mol. The molecule has 0 unspecified atom stereocenters. The molecule has 0 spiro atoms. The monoisotopic (exact) mass is 287 g/mol. The van der Waals surface area contributed by atoms with Gasteiger partial charge >= 0.3 is 11.9 Å². The van der Waals surface area contributed by atoms with Gasteiger partial charge in [0.15, 0.2) is 10.6 Å². The van der Waals surface area contributed by atoms with Crippen LogP contribution in [0.15, 0.2) is 4.21 Å². The molecule has 0 fully saturated rings. The Kier molecular flexibility index (Phi) is 5.00. The number of hydrogen-bond acceptors (Lipinski definition) is 8. The van der Waals surface area contributed by atoms with Crippen LogP contribution in [0.4, 0.5) is 0 Å².